The third-order valence-electron chi connectivity index (χ3n) is 2.64. The molecule has 0 aromatic carbocycles. The predicted octanol–water partition coefficient (Wildman–Crippen LogP) is 2.90. The first kappa shape index (κ1) is 15.0. The number of rotatable bonds is 5. The average Bonchev–Trinajstić information content (AvgIpc) is 2.79. The molecule has 1 aliphatic heterocycles. The summed E-state index contributed by atoms with van der Waals surface area (Å²) in [6.07, 6.45) is 0.111. The zero-order valence-corrected chi connectivity index (χ0v) is 11.7. The molecule has 0 atom stereocenters. The Hall–Kier alpha value is -1.40. The average molecular weight is 323 g/mol. The van der Waals surface area contributed by atoms with Crippen molar-refractivity contribution in [3.05, 3.63) is 39.8 Å². The number of aromatic nitrogens is 1. The van der Waals surface area contributed by atoms with Gasteiger partial charge in [0.2, 0.25) is 0 Å². The van der Waals surface area contributed by atoms with Crippen LogP contribution in [0.3, 0.4) is 0 Å². The van der Waals surface area contributed by atoms with Gasteiger partial charge in [0.1, 0.15) is 11.8 Å². The van der Waals surface area contributed by atoms with Crippen LogP contribution in [0.1, 0.15) is 5.56 Å². The molecule has 0 saturated carbocycles. The number of carbonyl (C=O) groups is 1. The van der Waals surface area contributed by atoms with Gasteiger partial charge >= 0.3 is 5.97 Å². The fraction of sp³-hybridized carbons (Fsp3) is 0.333. The molecule has 0 aliphatic carbocycles. The molecule has 0 saturated heterocycles. The van der Waals surface area contributed by atoms with Gasteiger partial charge in [-0.1, -0.05) is 23.2 Å². The second kappa shape index (κ2) is 6.37. The molecule has 0 bridgehead atoms. The first-order valence-corrected chi connectivity index (χ1v) is 6.41. The van der Waals surface area contributed by atoms with E-state index in [1.54, 1.807) is 6.07 Å². The summed E-state index contributed by atoms with van der Waals surface area (Å²) in [4.78, 5) is 16.2. The Balaban J connectivity index is 2.17. The van der Waals surface area contributed by atoms with Gasteiger partial charge in [0, 0.05) is 18.8 Å². The van der Waals surface area contributed by atoms with Gasteiger partial charge < -0.3 is 9.64 Å². The van der Waals surface area contributed by atoms with E-state index in [-0.39, 0.29) is 23.3 Å². The number of esters is 1. The van der Waals surface area contributed by atoms with Crippen molar-refractivity contribution in [3.8, 4) is 0 Å². The number of hydrogen-bond donors (Lipinski definition) is 0. The van der Waals surface area contributed by atoms with Crippen LogP contribution in [0.5, 0.6) is 0 Å². The monoisotopic (exact) mass is 322 g/mol. The van der Waals surface area contributed by atoms with Crippen LogP contribution in [0.4, 0.5) is 8.78 Å². The van der Waals surface area contributed by atoms with E-state index < -0.39 is 18.9 Å². The molecular weight excluding hydrogens is 313 g/mol. The van der Waals surface area contributed by atoms with E-state index in [0.29, 0.717) is 11.3 Å². The molecule has 1 aromatic heterocycles. The molecule has 0 spiro atoms. The van der Waals surface area contributed by atoms with Gasteiger partial charge in [-0.3, -0.25) is 0 Å². The Labute approximate surface area is 123 Å². The van der Waals surface area contributed by atoms with E-state index in [1.165, 1.54) is 17.2 Å². The molecule has 0 unspecified atom stereocenters. The van der Waals surface area contributed by atoms with Gasteiger partial charge in [-0.25, -0.2) is 18.6 Å². The molecule has 4 nitrogen and oxygen atoms in total. The SMILES string of the molecule is O=C1C=C(N(Cc2cnc(Cl)c(Cl)c2)CC(F)F)CO1. The largest absolute Gasteiger partial charge is 0.456 e. The summed E-state index contributed by atoms with van der Waals surface area (Å²) in [6, 6.07) is 1.55. The van der Waals surface area contributed by atoms with Gasteiger partial charge in [0.15, 0.2) is 0 Å². The van der Waals surface area contributed by atoms with Gasteiger partial charge in [-0.05, 0) is 11.6 Å². The van der Waals surface area contributed by atoms with Crippen molar-refractivity contribution in [3.63, 3.8) is 0 Å². The van der Waals surface area contributed by atoms with Crippen LogP contribution in [-0.2, 0) is 16.1 Å². The van der Waals surface area contributed by atoms with E-state index in [2.05, 4.69) is 4.98 Å². The fourth-order valence-corrected chi connectivity index (χ4v) is 2.06. The first-order valence-electron chi connectivity index (χ1n) is 5.66. The van der Waals surface area contributed by atoms with Gasteiger partial charge in [0.05, 0.1) is 17.3 Å². The van der Waals surface area contributed by atoms with Crippen LogP contribution in [0, 0.1) is 0 Å². The molecule has 8 heteroatoms. The number of cyclic esters (lactones) is 1. The number of carbonyl (C=O) groups excluding carboxylic acids is 1. The second-order valence-corrected chi connectivity index (χ2v) is 4.90. The number of alkyl halides is 2. The summed E-state index contributed by atoms with van der Waals surface area (Å²) in [5, 5.41) is 0.392. The van der Waals surface area contributed by atoms with E-state index in [0.717, 1.165) is 0 Å². The summed E-state index contributed by atoms with van der Waals surface area (Å²) >= 11 is 11.5. The Morgan fingerprint density at radius 2 is 2.20 bits per heavy atom. The lowest BCUT2D eigenvalue weighted by Crippen LogP contribution is -2.28. The normalized spacial score (nSPS) is 14.4. The van der Waals surface area contributed by atoms with Crippen LogP contribution in [-0.4, -0.2) is 35.4 Å². The number of nitrogens with zero attached hydrogens (tertiary/aromatic N) is 2. The molecule has 0 radical (unpaired) electrons. The van der Waals surface area contributed by atoms with Crippen LogP contribution < -0.4 is 0 Å². The molecule has 1 aliphatic rings. The van der Waals surface area contributed by atoms with E-state index >= 15 is 0 Å². The van der Waals surface area contributed by atoms with Crippen molar-refractivity contribution in [1.82, 2.24) is 9.88 Å². The fourth-order valence-electron chi connectivity index (χ4n) is 1.76. The summed E-state index contributed by atoms with van der Waals surface area (Å²) < 4.78 is 30.0. The van der Waals surface area contributed by atoms with Crippen molar-refractivity contribution < 1.29 is 18.3 Å². The quantitative estimate of drug-likeness (QED) is 0.617. The summed E-state index contributed by atoms with van der Waals surface area (Å²) in [6.45, 7) is -0.389. The Kier molecular flexibility index (Phi) is 4.77. The maximum absolute atomic E-state index is 12.6. The van der Waals surface area contributed by atoms with Crippen molar-refractivity contribution in [2.75, 3.05) is 13.2 Å². The Morgan fingerprint density at radius 3 is 2.75 bits per heavy atom. The smallest absolute Gasteiger partial charge is 0.333 e. The lowest BCUT2D eigenvalue weighted by atomic mass is 10.2. The lowest BCUT2D eigenvalue weighted by molar-refractivity contribution is -0.135. The minimum atomic E-state index is -2.54. The van der Waals surface area contributed by atoms with Crippen molar-refractivity contribution in [2.45, 2.75) is 13.0 Å². The lowest BCUT2D eigenvalue weighted by Gasteiger charge is -2.24. The topological polar surface area (TPSA) is 42.4 Å². The zero-order valence-electron chi connectivity index (χ0n) is 10.2. The van der Waals surface area contributed by atoms with Crippen molar-refractivity contribution in [2.24, 2.45) is 0 Å². The standard InChI is InChI=1S/C12H10Cl2F2N2O2/c13-9-1-7(3-17-12(9)14)4-18(5-10(15)16)8-2-11(19)20-6-8/h1-3,10H,4-6H2. The van der Waals surface area contributed by atoms with Gasteiger partial charge in [0.25, 0.3) is 6.43 Å². The minimum Gasteiger partial charge on any atom is -0.456 e. The predicted molar refractivity (Wildman–Crippen MR) is 69.7 cm³/mol. The molecule has 20 heavy (non-hydrogen) atoms. The van der Waals surface area contributed by atoms with Crippen molar-refractivity contribution >= 4 is 29.2 Å². The highest BCUT2D eigenvalue weighted by atomic mass is 35.5. The maximum Gasteiger partial charge on any atom is 0.333 e. The second-order valence-electron chi connectivity index (χ2n) is 4.13. The highest BCUT2D eigenvalue weighted by Crippen LogP contribution is 2.22. The minimum absolute atomic E-state index is 0.0136. The molecule has 108 valence electrons. The highest BCUT2D eigenvalue weighted by Gasteiger charge is 2.22. The number of ether oxygens (including phenoxy) is 1. The molecule has 0 amide bonds. The number of halogens is 4. The van der Waals surface area contributed by atoms with Gasteiger partial charge in [-0.2, -0.15) is 0 Å². The van der Waals surface area contributed by atoms with E-state index in [9.17, 15) is 13.6 Å². The van der Waals surface area contributed by atoms with E-state index in [1.807, 2.05) is 0 Å². The first-order chi connectivity index (χ1) is 9.45. The summed E-state index contributed by atoms with van der Waals surface area (Å²) in [5.74, 6) is -0.536. The third kappa shape index (κ3) is 3.80. The zero-order chi connectivity index (χ0) is 14.7. The van der Waals surface area contributed by atoms with Crippen LogP contribution in [0.2, 0.25) is 10.2 Å². The number of hydrogen-bond acceptors (Lipinski definition) is 4. The molecule has 0 fully saturated rings. The summed E-state index contributed by atoms with van der Waals surface area (Å²) in [7, 11) is 0. The highest BCUT2D eigenvalue weighted by molar-refractivity contribution is 6.41. The van der Waals surface area contributed by atoms with E-state index in [4.69, 9.17) is 27.9 Å². The third-order valence-corrected chi connectivity index (χ3v) is 3.32. The molecule has 0 N–H and O–H groups in total. The molecular formula is C12H10Cl2F2N2O2. The van der Waals surface area contributed by atoms with Crippen LogP contribution >= 0.6 is 23.2 Å². The Bertz CT molecular complexity index is 552. The summed E-state index contributed by atoms with van der Waals surface area (Å²) in [5.41, 5.74) is 1.02. The molecule has 2 heterocycles. The number of pyridine rings is 1. The Morgan fingerprint density at radius 1 is 1.45 bits per heavy atom. The van der Waals surface area contributed by atoms with Crippen LogP contribution in [0.25, 0.3) is 0 Å². The maximum atomic E-state index is 12.6. The molecule has 2 rings (SSSR count). The van der Waals surface area contributed by atoms with Gasteiger partial charge in [-0.15, -0.1) is 0 Å². The van der Waals surface area contributed by atoms with Crippen molar-refractivity contribution in [1.29, 1.82) is 0 Å². The molecule has 1 aromatic rings. The van der Waals surface area contributed by atoms with Crippen LogP contribution in [0.15, 0.2) is 24.0 Å².